The molecule has 7 nitrogen and oxygen atoms in total. The highest BCUT2D eigenvalue weighted by Crippen LogP contribution is 2.23. The van der Waals surface area contributed by atoms with Crippen molar-refractivity contribution in [2.75, 3.05) is 19.9 Å². The Morgan fingerprint density at radius 1 is 1.32 bits per heavy atom. The Morgan fingerprint density at radius 2 is 2.12 bits per heavy atom. The SMILES string of the molecule is COc1cc(F)ccc1CN1CCn2nc(CNS(C)(=O)=O)cc2C1. The van der Waals surface area contributed by atoms with E-state index >= 15 is 0 Å². The van der Waals surface area contributed by atoms with Crippen LogP contribution < -0.4 is 9.46 Å². The molecule has 25 heavy (non-hydrogen) atoms. The van der Waals surface area contributed by atoms with Crippen LogP contribution in [0, 0.1) is 5.82 Å². The molecule has 0 bridgehead atoms. The number of halogens is 1. The predicted molar refractivity (Wildman–Crippen MR) is 91.0 cm³/mol. The Morgan fingerprint density at radius 3 is 2.84 bits per heavy atom. The van der Waals surface area contributed by atoms with E-state index in [-0.39, 0.29) is 12.4 Å². The standard InChI is InChI=1S/C16H21FN4O3S/c1-24-16-7-13(17)4-3-12(16)10-20-5-6-21-15(11-20)8-14(19-21)9-18-25(2,22)23/h3-4,7-8,18H,5-6,9-11H2,1-2H3. The molecule has 0 amide bonds. The monoisotopic (exact) mass is 368 g/mol. The van der Waals surface area contributed by atoms with Crippen molar-refractivity contribution in [3.05, 3.63) is 47.0 Å². The fourth-order valence-corrected chi connectivity index (χ4v) is 3.31. The van der Waals surface area contributed by atoms with Gasteiger partial charge in [-0.3, -0.25) is 9.58 Å². The van der Waals surface area contributed by atoms with Crippen LogP contribution in [-0.4, -0.2) is 43.0 Å². The minimum Gasteiger partial charge on any atom is -0.496 e. The molecule has 9 heteroatoms. The molecule has 0 saturated carbocycles. The highest BCUT2D eigenvalue weighted by molar-refractivity contribution is 7.88. The highest BCUT2D eigenvalue weighted by Gasteiger charge is 2.20. The van der Waals surface area contributed by atoms with Gasteiger partial charge >= 0.3 is 0 Å². The minimum absolute atomic E-state index is 0.185. The number of ether oxygens (including phenoxy) is 1. The maximum atomic E-state index is 13.3. The Labute approximate surface area is 146 Å². The van der Waals surface area contributed by atoms with Crippen molar-refractivity contribution in [2.24, 2.45) is 0 Å². The van der Waals surface area contributed by atoms with E-state index in [9.17, 15) is 12.8 Å². The lowest BCUT2D eigenvalue weighted by atomic mass is 10.1. The van der Waals surface area contributed by atoms with E-state index in [4.69, 9.17) is 4.74 Å². The highest BCUT2D eigenvalue weighted by atomic mass is 32.2. The summed E-state index contributed by atoms with van der Waals surface area (Å²) in [4.78, 5) is 2.22. The first kappa shape index (κ1) is 17.8. The number of nitrogens with one attached hydrogen (secondary N) is 1. The smallest absolute Gasteiger partial charge is 0.209 e. The summed E-state index contributed by atoms with van der Waals surface area (Å²) in [5, 5.41) is 4.43. The molecule has 0 spiro atoms. The van der Waals surface area contributed by atoms with Gasteiger partial charge in [-0.25, -0.2) is 17.5 Å². The van der Waals surface area contributed by atoms with E-state index in [1.807, 2.05) is 10.7 Å². The number of hydrogen-bond donors (Lipinski definition) is 1. The first-order valence-electron chi connectivity index (χ1n) is 7.89. The number of aromatic nitrogens is 2. The number of rotatable bonds is 6. The minimum atomic E-state index is -3.24. The van der Waals surface area contributed by atoms with Crippen molar-refractivity contribution in [2.45, 2.75) is 26.2 Å². The van der Waals surface area contributed by atoms with Crippen molar-refractivity contribution >= 4 is 10.0 Å². The molecule has 136 valence electrons. The Balaban J connectivity index is 1.68. The topological polar surface area (TPSA) is 76.5 Å². The van der Waals surface area contributed by atoms with E-state index in [1.54, 1.807) is 6.07 Å². The Hall–Kier alpha value is -1.97. The molecule has 0 fully saturated rings. The van der Waals surface area contributed by atoms with Gasteiger partial charge in [0.15, 0.2) is 0 Å². The van der Waals surface area contributed by atoms with Crippen molar-refractivity contribution in [3.8, 4) is 5.75 Å². The number of sulfonamides is 1. The summed E-state index contributed by atoms with van der Waals surface area (Å²) in [6.45, 7) is 3.04. The summed E-state index contributed by atoms with van der Waals surface area (Å²) in [7, 11) is -1.71. The van der Waals surface area contributed by atoms with Gasteiger partial charge in [0.05, 0.1) is 37.8 Å². The lowest BCUT2D eigenvalue weighted by molar-refractivity contribution is 0.202. The second-order valence-corrected chi connectivity index (χ2v) is 7.94. The average Bonchev–Trinajstić information content (AvgIpc) is 2.96. The third-order valence-corrected chi connectivity index (χ3v) is 4.75. The van der Waals surface area contributed by atoms with Crippen molar-refractivity contribution < 1.29 is 17.5 Å². The van der Waals surface area contributed by atoms with E-state index in [0.29, 0.717) is 24.5 Å². The van der Waals surface area contributed by atoms with Crippen LogP contribution in [0.25, 0.3) is 0 Å². The molecular weight excluding hydrogens is 347 g/mol. The molecule has 2 aromatic rings. The van der Waals surface area contributed by atoms with Crippen LogP contribution in [0.4, 0.5) is 4.39 Å². The molecule has 1 N–H and O–H groups in total. The Bertz CT molecular complexity index is 866. The first-order chi connectivity index (χ1) is 11.8. The number of nitrogens with zero attached hydrogens (tertiary/aromatic N) is 3. The van der Waals surface area contributed by atoms with Gasteiger partial charge in [0.2, 0.25) is 10.0 Å². The van der Waals surface area contributed by atoms with Crippen molar-refractivity contribution in [1.82, 2.24) is 19.4 Å². The van der Waals surface area contributed by atoms with Crippen LogP contribution in [0.1, 0.15) is 17.0 Å². The van der Waals surface area contributed by atoms with Gasteiger partial charge in [0.25, 0.3) is 0 Å². The molecule has 0 radical (unpaired) electrons. The summed E-state index contributed by atoms with van der Waals surface area (Å²) in [6, 6.07) is 6.47. The molecule has 1 aromatic carbocycles. The van der Waals surface area contributed by atoms with Gasteiger partial charge in [-0.1, -0.05) is 6.07 Å². The van der Waals surface area contributed by atoms with Crippen LogP contribution >= 0.6 is 0 Å². The van der Waals surface area contributed by atoms with Gasteiger partial charge in [0, 0.05) is 31.3 Å². The molecule has 1 aliphatic heterocycles. The predicted octanol–water partition coefficient (Wildman–Crippen LogP) is 1.10. The summed E-state index contributed by atoms with van der Waals surface area (Å²) in [5.74, 6) is 0.220. The van der Waals surface area contributed by atoms with Gasteiger partial charge in [0.1, 0.15) is 11.6 Å². The van der Waals surface area contributed by atoms with E-state index in [0.717, 1.165) is 30.6 Å². The maximum absolute atomic E-state index is 13.3. The molecule has 0 atom stereocenters. The zero-order chi connectivity index (χ0) is 18.0. The number of benzene rings is 1. The lowest BCUT2D eigenvalue weighted by Gasteiger charge is -2.28. The second kappa shape index (κ2) is 7.11. The molecule has 3 rings (SSSR count). The summed E-state index contributed by atoms with van der Waals surface area (Å²) >= 11 is 0. The van der Waals surface area contributed by atoms with Crippen molar-refractivity contribution in [1.29, 1.82) is 0 Å². The van der Waals surface area contributed by atoms with Crippen LogP contribution in [0.2, 0.25) is 0 Å². The third kappa shape index (κ3) is 4.56. The lowest BCUT2D eigenvalue weighted by Crippen LogP contribution is -2.33. The van der Waals surface area contributed by atoms with E-state index < -0.39 is 10.0 Å². The molecule has 1 aliphatic rings. The number of hydrogen-bond acceptors (Lipinski definition) is 5. The molecular formula is C16H21FN4O3S. The zero-order valence-electron chi connectivity index (χ0n) is 14.2. The molecule has 1 aromatic heterocycles. The van der Waals surface area contributed by atoms with E-state index in [1.165, 1.54) is 19.2 Å². The normalized spacial score (nSPS) is 15.2. The molecule has 0 saturated heterocycles. The number of methoxy groups -OCH3 is 1. The summed E-state index contributed by atoms with van der Waals surface area (Å²) in [6.07, 6.45) is 1.13. The summed E-state index contributed by atoms with van der Waals surface area (Å²) < 4.78 is 45.3. The Kier molecular flexibility index (Phi) is 5.07. The average molecular weight is 368 g/mol. The molecule has 0 unspecified atom stereocenters. The zero-order valence-corrected chi connectivity index (χ0v) is 15.0. The van der Waals surface area contributed by atoms with E-state index in [2.05, 4.69) is 14.7 Å². The van der Waals surface area contributed by atoms with Crippen LogP contribution in [-0.2, 0) is 36.2 Å². The van der Waals surface area contributed by atoms with Gasteiger partial charge < -0.3 is 4.74 Å². The molecule has 0 aliphatic carbocycles. The number of fused-ring (bicyclic) bond motifs is 1. The van der Waals surface area contributed by atoms with Crippen molar-refractivity contribution in [3.63, 3.8) is 0 Å². The first-order valence-corrected chi connectivity index (χ1v) is 9.78. The third-order valence-electron chi connectivity index (χ3n) is 4.09. The quantitative estimate of drug-likeness (QED) is 0.826. The fourth-order valence-electron chi connectivity index (χ4n) is 2.90. The fraction of sp³-hybridized carbons (Fsp3) is 0.438. The summed E-state index contributed by atoms with van der Waals surface area (Å²) in [5.41, 5.74) is 2.65. The maximum Gasteiger partial charge on any atom is 0.209 e. The molecule has 2 heterocycles. The van der Waals surface area contributed by atoms with Crippen LogP contribution in [0.15, 0.2) is 24.3 Å². The van der Waals surface area contributed by atoms with Gasteiger partial charge in [-0.05, 0) is 12.1 Å². The largest absolute Gasteiger partial charge is 0.496 e. The second-order valence-electron chi connectivity index (χ2n) is 6.11. The van der Waals surface area contributed by atoms with Gasteiger partial charge in [-0.15, -0.1) is 0 Å². The van der Waals surface area contributed by atoms with Crippen LogP contribution in [0.3, 0.4) is 0 Å². The van der Waals surface area contributed by atoms with Crippen LogP contribution in [0.5, 0.6) is 5.75 Å². The van der Waals surface area contributed by atoms with Gasteiger partial charge in [-0.2, -0.15) is 5.10 Å².